The fourth-order valence-corrected chi connectivity index (χ4v) is 4.40. The lowest BCUT2D eigenvalue weighted by molar-refractivity contribution is -0.121. The maximum Gasteiger partial charge on any atom is 0.209 e. The average molecular weight is 407 g/mol. The van der Waals surface area contributed by atoms with Crippen molar-refractivity contribution in [1.82, 2.24) is 19.4 Å². The largest absolute Gasteiger partial charge is 0.497 e. The monoisotopic (exact) mass is 406 g/mol. The molecule has 30 heavy (non-hydrogen) atoms. The van der Waals surface area contributed by atoms with Crippen molar-refractivity contribution in [2.45, 2.75) is 38.9 Å². The highest BCUT2D eigenvalue weighted by Crippen LogP contribution is 2.22. The molecule has 0 N–H and O–H groups in total. The van der Waals surface area contributed by atoms with Gasteiger partial charge in [-0.3, -0.25) is 9.69 Å². The van der Waals surface area contributed by atoms with Crippen molar-refractivity contribution in [1.29, 1.82) is 0 Å². The molecule has 0 spiro atoms. The van der Waals surface area contributed by atoms with Crippen molar-refractivity contribution in [3.8, 4) is 5.75 Å². The average Bonchev–Trinajstić information content (AvgIpc) is 3.12. The van der Waals surface area contributed by atoms with Crippen molar-refractivity contribution in [3.05, 3.63) is 59.9 Å². The first-order valence-corrected chi connectivity index (χ1v) is 10.7. The molecule has 1 amide bonds. The van der Waals surface area contributed by atoms with E-state index in [0.29, 0.717) is 6.04 Å². The Morgan fingerprint density at radius 3 is 2.70 bits per heavy atom. The summed E-state index contributed by atoms with van der Waals surface area (Å²) in [6.07, 6.45) is 3.17. The van der Waals surface area contributed by atoms with Gasteiger partial charge in [0.25, 0.3) is 0 Å². The number of imidazole rings is 1. The van der Waals surface area contributed by atoms with Gasteiger partial charge in [0.05, 0.1) is 24.7 Å². The van der Waals surface area contributed by atoms with Crippen LogP contribution in [-0.2, 0) is 17.9 Å². The second-order valence-corrected chi connectivity index (χ2v) is 7.92. The number of methoxy groups -OCH3 is 1. The van der Waals surface area contributed by atoms with Gasteiger partial charge < -0.3 is 14.2 Å². The summed E-state index contributed by atoms with van der Waals surface area (Å²) in [6, 6.07) is 16.8. The van der Waals surface area contributed by atoms with Gasteiger partial charge in [-0.1, -0.05) is 24.3 Å². The summed E-state index contributed by atoms with van der Waals surface area (Å²) in [6.45, 7) is 6.31. The van der Waals surface area contributed by atoms with Crippen LogP contribution < -0.4 is 4.74 Å². The van der Waals surface area contributed by atoms with Crippen LogP contribution in [-0.4, -0.2) is 58.5 Å². The van der Waals surface area contributed by atoms with Crippen LogP contribution in [0, 0.1) is 0 Å². The number of rotatable bonds is 8. The molecule has 1 fully saturated rings. The van der Waals surface area contributed by atoms with Crippen LogP contribution in [0.25, 0.3) is 11.0 Å². The van der Waals surface area contributed by atoms with Gasteiger partial charge in [0.2, 0.25) is 6.41 Å². The van der Waals surface area contributed by atoms with Gasteiger partial charge in [0, 0.05) is 25.7 Å². The summed E-state index contributed by atoms with van der Waals surface area (Å²) in [5.41, 5.74) is 3.40. The number of fused-ring (bicyclic) bond motifs is 1. The highest BCUT2D eigenvalue weighted by atomic mass is 16.5. The number of hydrogen-bond donors (Lipinski definition) is 0. The zero-order chi connectivity index (χ0) is 20.9. The summed E-state index contributed by atoms with van der Waals surface area (Å²) in [4.78, 5) is 20.7. The Morgan fingerprint density at radius 1 is 1.17 bits per heavy atom. The molecule has 0 unspecified atom stereocenters. The van der Waals surface area contributed by atoms with Crippen LogP contribution in [0.4, 0.5) is 0 Å². The van der Waals surface area contributed by atoms with E-state index in [1.165, 1.54) is 5.56 Å². The van der Waals surface area contributed by atoms with Crippen molar-refractivity contribution in [2.24, 2.45) is 0 Å². The highest BCUT2D eigenvalue weighted by molar-refractivity contribution is 5.76. The van der Waals surface area contributed by atoms with E-state index in [4.69, 9.17) is 9.72 Å². The second-order valence-electron chi connectivity index (χ2n) is 7.92. The number of benzene rings is 2. The number of aromatic nitrogens is 2. The van der Waals surface area contributed by atoms with E-state index in [9.17, 15) is 4.79 Å². The van der Waals surface area contributed by atoms with Crippen LogP contribution in [0.3, 0.4) is 0 Å². The zero-order valence-electron chi connectivity index (χ0n) is 17.8. The van der Waals surface area contributed by atoms with Gasteiger partial charge in [-0.2, -0.15) is 0 Å². The number of carbonyl (C=O) groups is 1. The maximum atomic E-state index is 11.4. The van der Waals surface area contributed by atoms with E-state index in [-0.39, 0.29) is 0 Å². The molecule has 0 bridgehead atoms. The first-order valence-electron chi connectivity index (χ1n) is 10.7. The Labute approximate surface area is 178 Å². The molecule has 4 rings (SSSR count). The lowest BCUT2D eigenvalue weighted by atomic mass is 10.0. The number of nitrogens with zero attached hydrogens (tertiary/aromatic N) is 4. The zero-order valence-corrected chi connectivity index (χ0v) is 17.8. The summed E-state index contributed by atoms with van der Waals surface area (Å²) in [5, 5.41) is 0. The molecule has 6 heteroatoms. The Bertz CT molecular complexity index is 983. The van der Waals surface area contributed by atoms with E-state index < -0.39 is 0 Å². The van der Waals surface area contributed by atoms with Gasteiger partial charge in [-0.05, 0) is 56.1 Å². The number of ether oxygens (including phenoxy) is 1. The number of likely N-dealkylation sites (N-methyl/N-ethyl adjacent to an activating group) is 1. The van der Waals surface area contributed by atoms with E-state index in [1.807, 2.05) is 30.0 Å². The van der Waals surface area contributed by atoms with Crippen LogP contribution in [0.1, 0.15) is 31.2 Å². The summed E-state index contributed by atoms with van der Waals surface area (Å²) < 4.78 is 7.61. The molecule has 158 valence electrons. The molecule has 1 aliphatic heterocycles. The number of likely N-dealkylation sites (tertiary alicyclic amines) is 1. The third kappa shape index (κ3) is 4.33. The molecule has 3 aromatic rings. The van der Waals surface area contributed by atoms with Crippen molar-refractivity contribution in [3.63, 3.8) is 0 Å². The molecule has 6 nitrogen and oxygen atoms in total. The Morgan fingerprint density at radius 2 is 1.97 bits per heavy atom. The SMILES string of the molecule is CCN(C=O)[C@@H]1CCCN(Cc2nc3ccccc3n2Cc2ccc(OC)cc2)C1. The number of para-hydroxylation sites is 2. The Balaban J connectivity index is 1.58. The van der Waals surface area contributed by atoms with E-state index >= 15 is 0 Å². The lowest BCUT2D eigenvalue weighted by Gasteiger charge is -2.37. The summed E-state index contributed by atoms with van der Waals surface area (Å²) in [5.74, 6) is 1.94. The smallest absolute Gasteiger partial charge is 0.209 e. The molecular formula is C24H30N4O2. The van der Waals surface area contributed by atoms with Crippen molar-refractivity contribution >= 4 is 17.4 Å². The van der Waals surface area contributed by atoms with E-state index in [2.05, 4.69) is 39.8 Å². The second kappa shape index (κ2) is 9.30. The van der Waals surface area contributed by atoms with Crippen molar-refractivity contribution < 1.29 is 9.53 Å². The minimum absolute atomic E-state index is 0.292. The first kappa shape index (κ1) is 20.4. The number of carbonyl (C=O) groups excluding carboxylic acids is 1. The fourth-order valence-electron chi connectivity index (χ4n) is 4.40. The number of hydrogen-bond acceptors (Lipinski definition) is 4. The molecular weight excluding hydrogens is 376 g/mol. The lowest BCUT2D eigenvalue weighted by Crippen LogP contribution is -2.47. The summed E-state index contributed by atoms with van der Waals surface area (Å²) in [7, 11) is 1.69. The quantitative estimate of drug-likeness (QED) is 0.537. The third-order valence-corrected chi connectivity index (χ3v) is 6.05. The van der Waals surface area contributed by atoms with Crippen molar-refractivity contribution in [2.75, 3.05) is 26.7 Å². The molecule has 0 radical (unpaired) electrons. The molecule has 1 saturated heterocycles. The van der Waals surface area contributed by atoms with E-state index in [0.717, 1.165) is 74.6 Å². The van der Waals surface area contributed by atoms with Crippen LogP contribution >= 0.6 is 0 Å². The standard InChI is InChI=1S/C24H30N4O2/c1-3-27(18-29)20-7-6-14-26(16-20)17-24-25-22-8-4-5-9-23(22)28(24)15-19-10-12-21(30-2)13-11-19/h4-5,8-13,18,20H,3,6-7,14-17H2,1-2H3/t20-/m1/s1. The summed E-state index contributed by atoms with van der Waals surface area (Å²) >= 11 is 0. The van der Waals surface area contributed by atoms with Gasteiger partial charge in [-0.25, -0.2) is 4.98 Å². The number of piperidine rings is 1. The Hall–Kier alpha value is -2.86. The molecule has 2 heterocycles. The molecule has 1 atom stereocenters. The maximum absolute atomic E-state index is 11.4. The van der Waals surface area contributed by atoms with Gasteiger partial charge in [-0.15, -0.1) is 0 Å². The van der Waals surface area contributed by atoms with Crippen LogP contribution in [0.2, 0.25) is 0 Å². The predicted octanol–water partition coefficient (Wildman–Crippen LogP) is 3.54. The molecule has 1 aliphatic rings. The van der Waals surface area contributed by atoms with Gasteiger partial charge >= 0.3 is 0 Å². The Kier molecular flexibility index (Phi) is 6.33. The van der Waals surface area contributed by atoms with Gasteiger partial charge in [0.15, 0.2) is 0 Å². The molecule has 1 aromatic heterocycles. The first-order chi connectivity index (χ1) is 14.7. The molecule has 0 aliphatic carbocycles. The van der Waals surface area contributed by atoms with Crippen LogP contribution in [0.5, 0.6) is 5.75 Å². The van der Waals surface area contributed by atoms with E-state index in [1.54, 1.807) is 7.11 Å². The fraction of sp³-hybridized carbons (Fsp3) is 0.417. The normalized spacial score (nSPS) is 17.2. The predicted molar refractivity (Wildman–Crippen MR) is 119 cm³/mol. The van der Waals surface area contributed by atoms with Gasteiger partial charge in [0.1, 0.15) is 11.6 Å². The van der Waals surface area contributed by atoms with Crippen LogP contribution in [0.15, 0.2) is 48.5 Å². The highest BCUT2D eigenvalue weighted by Gasteiger charge is 2.25. The number of amides is 1. The topological polar surface area (TPSA) is 50.6 Å². The molecule has 2 aromatic carbocycles. The minimum atomic E-state index is 0.292. The molecule has 0 saturated carbocycles. The third-order valence-electron chi connectivity index (χ3n) is 6.05. The minimum Gasteiger partial charge on any atom is -0.497 e.